The molecule has 4 rings (SSSR count). The molecule has 0 aliphatic carbocycles. The summed E-state index contributed by atoms with van der Waals surface area (Å²) in [7, 11) is 0. The summed E-state index contributed by atoms with van der Waals surface area (Å²) in [6, 6.07) is 13.1. The van der Waals surface area contributed by atoms with Crippen LogP contribution in [0.2, 0.25) is 5.02 Å². The van der Waals surface area contributed by atoms with Gasteiger partial charge in [-0.25, -0.2) is 14.3 Å². The van der Waals surface area contributed by atoms with Gasteiger partial charge in [-0.05, 0) is 38.1 Å². The molecule has 0 saturated heterocycles. The van der Waals surface area contributed by atoms with Crippen molar-refractivity contribution >= 4 is 23.5 Å². The SMILES string of the molecule is CCOC(=O)c1cn[nH]c1.CCOC(=O)c1cnn(-c2ccccc2)c1.Clc1ccncc1. The lowest BCUT2D eigenvalue weighted by Gasteiger charge is -1.99. The van der Waals surface area contributed by atoms with E-state index >= 15 is 0 Å². The van der Waals surface area contributed by atoms with Gasteiger partial charge in [0.15, 0.2) is 0 Å². The molecule has 3 aromatic heterocycles. The number of hydrogen-bond donors (Lipinski definition) is 1. The van der Waals surface area contributed by atoms with E-state index in [1.165, 1.54) is 18.6 Å². The molecular weight excluding hydrogens is 446 g/mol. The Morgan fingerprint density at radius 1 is 0.939 bits per heavy atom. The average Bonchev–Trinajstić information content (AvgIpc) is 3.54. The maximum Gasteiger partial charge on any atom is 0.341 e. The minimum Gasteiger partial charge on any atom is -0.462 e. The van der Waals surface area contributed by atoms with Gasteiger partial charge in [0.1, 0.15) is 0 Å². The number of hydrogen-bond acceptors (Lipinski definition) is 7. The number of para-hydroxylation sites is 1. The van der Waals surface area contributed by atoms with Crippen molar-refractivity contribution in [2.45, 2.75) is 13.8 Å². The second-order valence-corrected chi connectivity index (χ2v) is 6.54. The van der Waals surface area contributed by atoms with E-state index < -0.39 is 0 Å². The molecule has 0 amide bonds. The van der Waals surface area contributed by atoms with Crippen LogP contribution in [0.5, 0.6) is 0 Å². The number of pyridine rings is 1. The Morgan fingerprint density at radius 2 is 1.58 bits per heavy atom. The van der Waals surface area contributed by atoms with Crippen molar-refractivity contribution in [3.63, 3.8) is 0 Å². The molecule has 10 heteroatoms. The number of esters is 2. The molecule has 0 radical (unpaired) electrons. The van der Waals surface area contributed by atoms with E-state index in [1.54, 1.807) is 49.3 Å². The zero-order valence-corrected chi connectivity index (χ0v) is 19.0. The van der Waals surface area contributed by atoms with E-state index in [9.17, 15) is 9.59 Å². The summed E-state index contributed by atoms with van der Waals surface area (Å²) in [6.07, 6.45) is 9.40. The number of halogens is 1. The largest absolute Gasteiger partial charge is 0.462 e. The molecule has 0 bridgehead atoms. The highest BCUT2D eigenvalue weighted by atomic mass is 35.5. The number of benzene rings is 1. The van der Waals surface area contributed by atoms with Crippen molar-refractivity contribution in [3.8, 4) is 5.69 Å². The Morgan fingerprint density at radius 3 is 2.09 bits per heavy atom. The monoisotopic (exact) mass is 469 g/mol. The summed E-state index contributed by atoms with van der Waals surface area (Å²) >= 11 is 5.50. The number of nitrogens with zero attached hydrogens (tertiary/aromatic N) is 4. The summed E-state index contributed by atoms with van der Waals surface area (Å²) in [5.41, 5.74) is 1.84. The summed E-state index contributed by atoms with van der Waals surface area (Å²) in [5, 5.41) is 11.0. The minimum absolute atomic E-state index is 0.337. The number of carbonyl (C=O) groups is 2. The molecule has 33 heavy (non-hydrogen) atoms. The van der Waals surface area contributed by atoms with Crippen LogP contribution in [0.3, 0.4) is 0 Å². The number of rotatable bonds is 5. The van der Waals surface area contributed by atoms with Crippen LogP contribution < -0.4 is 0 Å². The van der Waals surface area contributed by atoms with Gasteiger partial charge in [0.05, 0.1) is 42.4 Å². The van der Waals surface area contributed by atoms with Crippen LogP contribution in [-0.4, -0.2) is 50.1 Å². The predicted molar refractivity (Wildman–Crippen MR) is 123 cm³/mol. The summed E-state index contributed by atoms with van der Waals surface area (Å²) in [4.78, 5) is 26.0. The second-order valence-electron chi connectivity index (χ2n) is 6.10. The normalized spacial score (nSPS) is 9.55. The Bertz CT molecular complexity index is 1090. The molecule has 0 aliphatic rings. The minimum atomic E-state index is -0.343. The van der Waals surface area contributed by atoms with Gasteiger partial charge in [0.25, 0.3) is 0 Å². The quantitative estimate of drug-likeness (QED) is 0.432. The molecular formula is C23H24ClN5O4. The van der Waals surface area contributed by atoms with Gasteiger partial charge in [-0.1, -0.05) is 29.8 Å². The first kappa shape index (κ1) is 25.3. The van der Waals surface area contributed by atoms with E-state index in [1.807, 2.05) is 30.3 Å². The van der Waals surface area contributed by atoms with E-state index in [-0.39, 0.29) is 11.9 Å². The van der Waals surface area contributed by atoms with Crippen molar-refractivity contribution in [2.75, 3.05) is 13.2 Å². The maximum absolute atomic E-state index is 11.4. The first-order chi connectivity index (χ1) is 16.0. The molecule has 172 valence electrons. The Balaban J connectivity index is 0.000000193. The number of aromatic amines is 1. The smallest absolute Gasteiger partial charge is 0.341 e. The zero-order valence-electron chi connectivity index (χ0n) is 18.2. The molecule has 1 aromatic carbocycles. The van der Waals surface area contributed by atoms with Crippen molar-refractivity contribution in [1.82, 2.24) is 25.0 Å². The van der Waals surface area contributed by atoms with Gasteiger partial charge < -0.3 is 9.47 Å². The Kier molecular flexibility index (Phi) is 10.8. The second kappa shape index (κ2) is 14.2. The van der Waals surface area contributed by atoms with Gasteiger partial charge in [-0.3, -0.25) is 10.1 Å². The van der Waals surface area contributed by atoms with Gasteiger partial charge in [0.2, 0.25) is 0 Å². The molecule has 4 aromatic rings. The van der Waals surface area contributed by atoms with Gasteiger partial charge in [-0.15, -0.1) is 0 Å². The molecule has 0 unspecified atom stereocenters. The lowest BCUT2D eigenvalue weighted by atomic mass is 10.3. The highest BCUT2D eigenvalue weighted by Crippen LogP contribution is 2.08. The van der Waals surface area contributed by atoms with Gasteiger partial charge in [0, 0.05) is 29.8 Å². The van der Waals surface area contributed by atoms with Crippen molar-refractivity contribution in [3.05, 3.63) is 95.8 Å². The van der Waals surface area contributed by atoms with Gasteiger partial charge >= 0.3 is 11.9 Å². The predicted octanol–water partition coefficient (Wildman–Crippen LogP) is 4.37. The molecule has 0 spiro atoms. The van der Waals surface area contributed by atoms with Crippen LogP contribution in [0, 0.1) is 0 Å². The molecule has 0 atom stereocenters. The lowest BCUT2D eigenvalue weighted by Crippen LogP contribution is -2.03. The van der Waals surface area contributed by atoms with Crippen LogP contribution in [-0.2, 0) is 9.47 Å². The summed E-state index contributed by atoms with van der Waals surface area (Å²) < 4.78 is 11.2. The number of H-pyrrole nitrogens is 1. The van der Waals surface area contributed by atoms with Crippen LogP contribution >= 0.6 is 11.6 Å². The standard InChI is InChI=1S/C12H12N2O2.C6H8N2O2.C5H4ClN/c1-2-16-12(15)10-8-13-14(9-10)11-6-4-3-5-7-11;1-2-10-6(9)5-3-7-8-4-5;6-5-1-3-7-4-2-5/h3-9H,2H2,1H3;3-4H,2H2,1H3,(H,7,8);1-4H. The third kappa shape index (κ3) is 8.96. The van der Waals surface area contributed by atoms with Crippen LogP contribution in [0.4, 0.5) is 0 Å². The zero-order chi connectivity index (χ0) is 23.9. The number of aromatic nitrogens is 5. The summed E-state index contributed by atoms with van der Waals surface area (Å²) in [5.74, 6) is -0.680. The van der Waals surface area contributed by atoms with Crippen molar-refractivity contribution in [1.29, 1.82) is 0 Å². The van der Waals surface area contributed by atoms with E-state index in [4.69, 9.17) is 16.3 Å². The fourth-order valence-corrected chi connectivity index (χ4v) is 2.39. The average molecular weight is 470 g/mol. The van der Waals surface area contributed by atoms with E-state index in [0.29, 0.717) is 24.3 Å². The Labute approximate surface area is 196 Å². The molecule has 9 nitrogen and oxygen atoms in total. The molecule has 0 aliphatic heterocycles. The molecule has 1 N–H and O–H groups in total. The third-order valence-corrected chi connectivity index (χ3v) is 4.02. The van der Waals surface area contributed by atoms with E-state index in [2.05, 4.69) is 25.0 Å². The van der Waals surface area contributed by atoms with Crippen molar-refractivity contribution < 1.29 is 19.1 Å². The highest BCUT2D eigenvalue weighted by molar-refractivity contribution is 6.30. The first-order valence-corrected chi connectivity index (χ1v) is 10.4. The fourth-order valence-electron chi connectivity index (χ4n) is 2.28. The Hall–Kier alpha value is -3.98. The van der Waals surface area contributed by atoms with Crippen LogP contribution in [0.25, 0.3) is 5.69 Å². The van der Waals surface area contributed by atoms with Crippen molar-refractivity contribution in [2.24, 2.45) is 0 Å². The molecule has 3 heterocycles. The number of ether oxygens (including phenoxy) is 2. The molecule has 0 saturated carbocycles. The fraction of sp³-hybridized carbons (Fsp3) is 0.174. The number of nitrogens with one attached hydrogen (secondary N) is 1. The van der Waals surface area contributed by atoms with Gasteiger partial charge in [-0.2, -0.15) is 10.2 Å². The van der Waals surface area contributed by atoms with Crippen LogP contribution in [0.1, 0.15) is 34.6 Å². The van der Waals surface area contributed by atoms with E-state index in [0.717, 1.165) is 10.7 Å². The van der Waals surface area contributed by atoms with Crippen LogP contribution in [0.15, 0.2) is 79.6 Å². The molecule has 0 fully saturated rings. The maximum atomic E-state index is 11.4. The lowest BCUT2D eigenvalue weighted by molar-refractivity contribution is 0.0516. The third-order valence-electron chi connectivity index (χ3n) is 3.76. The first-order valence-electron chi connectivity index (χ1n) is 10.0. The highest BCUT2D eigenvalue weighted by Gasteiger charge is 2.09. The topological polar surface area (TPSA) is 112 Å². The summed E-state index contributed by atoms with van der Waals surface area (Å²) in [6.45, 7) is 4.30. The number of carbonyl (C=O) groups excluding carboxylic acids is 2.